The van der Waals surface area contributed by atoms with Crippen LogP contribution in [0.3, 0.4) is 0 Å². The predicted molar refractivity (Wildman–Crippen MR) is 92.1 cm³/mol. The first-order valence-electron chi connectivity index (χ1n) is 7.95. The van der Waals surface area contributed by atoms with Crippen molar-refractivity contribution in [2.24, 2.45) is 0 Å². The Kier molecular flexibility index (Phi) is 4.62. The van der Waals surface area contributed by atoms with Crippen LogP contribution in [-0.4, -0.2) is 41.5 Å². The molecule has 124 valence electrons. The van der Waals surface area contributed by atoms with Crippen LogP contribution in [0.5, 0.6) is 0 Å². The zero-order valence-electron chi connectivity index (χ0n) is 13.6. The molecular formula is C19H20N2O3. The summed E-state index contributed by atoms with van der Waals surface area (Å²) in [5, 5.41) is 9.08. The number of benzene rings is 2. The number of carbonyl (C=O) groups excluding carboxylic acids is 1. The van der Waals surface area contributed by atoms with Gasteiger partial charge in [-0.05, 0) is 43.3 Å². The minimum atomic E-state index is -0.938. The van der Waals surface area contributed by atoms with Gasteiger partial charge in [-0.15, -0.1) is 0 Å². The van der Waals surface area contributed by atoms with Crippen LogP contribution < -0.4 is 4.90 Å². The van der Waals surface area contributed by atoms with E-state index in [0.717, 1.165) is 17.7 Å². The number of amides is 1. The number of likely N-dealkylation sites (N-methyl/N-ethyl adjacent to an activating group) is 1. The molecular weight excluding hydrogens is 304 g/mol. The lowest BCUT2D eigenvalue weighted by Crippen LogP contribution is -2.39. The molecule has 1 amide bonds. The first kappa shape index (κ1) is 16.2. The number of hydrogen-bond acceptors (Lipinski definition) is 3. The van der Waals surface area contributed by atoms with Crippen molar-refractivity contribution in [2.75, 3.05) is 18.5 Å². The van der Waals surface area contributed by atoms with Crippen molar-refractivity contribution >= 4 is 17.6 Å². The number of para-hydroxylation sites is 1. The zero-order chi connectivity index (χ0) is 17.1. The molecule has 0 aromatic heterocycles. The van der Waals surface area contributed by atoms with Gasteiger partial charge in [-0.25, -0.2) is 4.79 Å². The Balaban J connectivity index is 1.70. The van der Waals surface area contributed by atoms with Crippen LogP contribution in [-0.2, 0) is 11.3 Å². The fourth-order valence-electron chi connectivity index (χ4n) is 3.14. The predicted octanol–water partition coefficient (Wildman–Crippen LogP) is 2.62. The van der Waals surface area contributed by atoms with E-state index in [2.05, 4.69) is 0 Å². The van der Waals surface area contributed by atoms with Crippen molar-refractivity contribution in [1.82, 2.24) is 4.90 Å². The number of carboxylic acid groups (broad SMARTS) is 1. The molecule has 0 aliphatic carbocycles. The standard InChI is InChI=1S/C19H20N2O3/c1-20(13-14-6-5-7-15(12-14)19(23)24)17-10-11-21(18(17)22)16-8-3-2-4-9-16/h2-9,12,17H,10-11,13H2,1H3,(H,23,24). The quantitative estimate of drug-likeness (QED) is 0.918. The number of hydrogen-bond donors (Lipinski definition) is 1. The van der Waals surface area contributed by atoms with Gasteiger partial charge in [0.1, 0.15) is 0 Å². The molecule has 1 N–H and O–H groups in total. The second-order valence-corrected chi connectivity index (χ2v) is 6.05. The van der Waals surface area contributed by atoms with E-state index >= 15 is 0 Å². The van der Waals surface area contributed by atoms with Crippen LogP contribution in [0.2, 0.25) is 0 Å². The number of carboxylic acids is 1. The number of anilines is 1. The zero-order valence-corrected chi connectivity index (χ0v) is 13.6. The van der Waals surface area contributed by atoms with Gasteiger partial charge in [0.25, 0.3) is 0 Å². The van der Waals surface area contributed by atoms with Crippen LogP contribution in [0.15, 0.2) is 54.6 Å². The third kappa shape index (κ3) is 3.31. The summed E-state index contributed by atoms with van der Waals surface area (Å²) in [5.74, 6) is -0.843. The summed E-state index contributed by atoms with van der Waals surface area (Å²) < 4.78 is 0. The Hall–Kier alpha value is -2.66. The molecule has 1 aliphatic rings. The van der Waals surface area contributed by atoms with Crippen molar-refractivity contribution in [3.05, 3.63) is 65.7 Å². The van der Waals surface area contributed by atoms with Gasteiger partial charge in [0, 0.05) is 18.8 Å². The minimum Gasteiger partial charge on any atom is -0.478 e. The van der Waals surface area contributed by atoms with Gasteiger partial charge in [0.15, 0.2) is 0 Å². The van der Waals surface area contributed by atoms with Crippen molar-refractivity contribution in [3.63, 3.8) is 0 Å². The normalized spacial score (nSPS) is 17.5. The van der Waals surface area contributed by atoms with Gasteiger partial charge in [-0.1, -0.05) is 30.3 Å². The fourth-order valence-corrected chi connectivity index (χ4v) is 3.14. The molecule has 0 radical (unpaired) electrons. The van der Waals surface area contributed by atoms with E-state index in [1.807, 2.05) is 53.2 Å². The van der Waals surface area contributed by atoms with Gasteiger partial charge in [0.05, 0.1) is 11.6 Å². The molecule has 5 heteroatoms. The monoisotopic (exact) mass is 324 g/mol. The molecule has 1 aliphatic heterocycles. The molecule has 0 saturated carbocycles. The Bertz CT molecular complexity index is 745. The summed E-state index contributed by atoms with van der Waals surface area (Å²) in [5.41, 5.74) is 2.08. The maximum atomic E-state index is 12.7. The highest BCUT2D eigenvalue weighted by molar-refractivity contribution is 5.99. The number of aromatic carboxylic acids is 1. The molecule has 1 atom stereocenters. The third-order valence-corrected chi connectivity index (χ3v) is 4.38. The molecule has 1 heterocycles. The van der Waals surface area contributed by atoms with Gasteiger partial charge < -0.3 is 10.0 Å². The van der Waals surface area contributed by atoms with Crippen molar-refractivity contribution in [1.29, 1.82) is 0 Å². The van der Waals surface area contributed by atoms with Crippen molar-refractivity contribution < 1.29 is 14.7 Å². The van der Waals surface area contributed by atoms with Crippen LogP contribution >= 0.6 is 0 Å². The molecule has 1 saturated heterocycles. The van der Waals surface area contributed by atoms with E-state index in [9.17, 15) is 9.59 Å². The van der Waals surface area contributed by atoms with Crippen molar-refractivity contribution in [2.45, 2.75) is 19.0 Å². The molecule has 3 rings (SSSR count). The highest BCUT2D eigenvalue weighted by Gasteiger charge is 2.35. The van der Waals surface area contributed by atoms with E-state index in [-0.39, 0.29) is 17.5 Å². The molecule has 1 unspecified atom stereocenters. The summed E-state index contributed by atoms with van der Waals surface area (Å²) in [6.07, 6.45) is 0.767. The van der Waals surface area contributed by atoms with Crippen molar-refractivity contribution in [3.8, 4) is 0 Å². The Labute approximate surface area is 141 Å². The lowest BCUT2D eigenvalue weighted by Gasteiger charge is -2.24. The van der Waals surface area contributed by atoms with Gasteiger partial charge >= 0.3 is 5.97 Å². The second-order valence-electron chi connectivity index (χ2n) is 6.05. The molecule has 1 fully saturated rings. The average molecular weight is 324 g/mol. The first-order valence-corrected chi connectivity index (χ1v) is 7.95. The van der Waals surface area contributed by atoms with Crippen LogP contribution in [0, 0.1) is 0 Å². The Morgan fingerprint density at radius 1 is 1.21 bits per heavy atom. The maximum Gasteiger partial charge on any atom is 0.335 e. The highest BCUT2D eigenvalue weighted by atomic mass is 16.4. The molecule has 5 nitrogen and oxygen atoms in total. The second kappa shape index (κ2) is 6.84. The summed E-state index contributed by atoms with van der Waals surface area (Å²) in [4.78, 5) is 27.6. The highest BCUT2D eigenvalue weighted by Crippen LogP contribution is 2.24. The third-order valence-electron chi connectivity index (χ3n) is 4.38. The molecule has 24 heavy (non-hydrogen) atoms. The topological polar surface area (TPSA) is 60.9 Å². The first-order chi connectivity index (χ1) is 11.6. The Morgan fingerprint density at radius 3 is 2.67 bits per heavy atom. The van der Waals surface area contributed by atoms with Crippen LogP contribution in [0.1, 0.15) is 22.3 Å². The number of carbonyl (C=O) groups is 2. The minimum absolute atomic E-state index is 0.0955. The smallest absolute Gasteiger partial charge is 0.335 e. The van der Waals surface area contributed by atoms with Crippen LogP contribution in [0.25, 0.3) is 0 Å². The van der Waals surface area contributed by atoms with E-state index < -0.39 is 5.97 Å². The molecule has 0 bridgehead atoms. The lowest BCUT2D eigenvalue weighted by atomic mass is 10.1. The lowest BCUT2D eigenvalue weighted by molar-refractivity contribution is -0.121. The number of rotatable bonds is 5. The largest absolute Gasteiger partial charge is 0.478 e. The summed E-state index contributed by atoms with van der Waals surface area (Å²) >= 11 is 0. The molecule has 2 aromatic rings. The van der Waals surface area contributed by atoms with Gasteiger partial charge in [-0.2, -0.15) is 0 Å². The van der Waals surface area contributed by atoms with E-state index in [1.54, 1.807) is 18.2 Å². The van der Waals surface area contributed by atoms with E-state index in [0.29, 0.717) is 13.1 Å². The van der Waals surface area contributed by atoms with E-state index in [4.69, 9.17) is 5.11 Å². The Morgan fingerprint density at radius 2 is 1.96 bits per heavy atom. The van der Waals surface area contributed by atoms with Gasteiger partial charge in [-0.3, -0.25) is 9.69 Å². The average Bonchev–Trinajstić information content (AvgIpc) is 2.97. The summed E-state index contributed by atoms with van der Waals surface area (Å²) in [6.45, 7) is 1.24. The fraction of sp³-hybridized carbons (Fsp3) is 0.263. The summed E-state index contributed by atoms with van der Waals surface area (Å²) in [7, 11) is 1.91. The SMILES string of the molecule is CN(Cc1cccc(C(=O)O)c1)C1CCN(c2ccccc2)C1=O. The molecule has 2 aromatic carbocycles. The maximum absolute atomic E-state index is 12.7. The summed E-state index contributed by atoms with van der Waals surface area (Å²) in [6, 6.07) is 16.3. The van der Waals surface area contributed by atoms with Crippen LogP contribution in [0.4, 0.5) is 5.69 Å². The number of nitrogens with zero attached hydrogens (tertiary/aromatic N) is 2. The van der Waals surface area contributed by atoms with E-state index in [1.165, 1.54) is 0 Å². The van der Waals surface area contributed by atoms with Gasteiger partial charge in [0.2, 0.25) is 5.91 Å². The molecule has 0 spiro atoms.